The van der Waals surface area contributed by atoms with Gasteiger partial charge in [0.25, 0.3) is 0 Å². The topological polar surface area (TPSA) is 33.3 Å². The van der Waals surface area contributed by atoms with Gasteiger partial charge in [-0.2, -0.15) is 0 Å². The smallest absolute Gasteiger partial charge is 0.122 e. The van der Waals surface area contributed by atoms with Gasteiger partial charge in [0, 0.05) is 19.1 Å². The van der Waals surface area contributed by atoms with Crippen molar-refractivity contribution in [2.45, 2.75) is 45.7 Å². The number of rotatable bonds is 7. The van der Waals surface area contributed by atoms with E-state index in [0.717, 1.165) is 44.8 Å². The lowest BCUT2D eigenvalue weighted by Gasteiger charge is -2.19. The fourth-order valence-corrected chi connectivity index (χ4v) is 2.38. The van der Waals surface area contributed by atoms with Crippen LogP contribution in [0.4, 0.5) is 0 Å². The second-order valence-electron chi connectivity index (χ2n) is 5.38. The molecule has 0 saturated carbocycles. The second-order valence-corrected chi connectivity index (χ2v) is 5.38. The van der Waals surface area contributed by atoms with Crippen molar-refractivity contribution < 1.29 is 4.74 Å². The van der Waals surface area contributed by atoms with Gasteiger partial charge < -0.3 is 15.4 Å². The monoisotopic (exact) mass is 262 g/mol. The van der Waals surface area contributed by atoms with Crippen molar-refractivity contribution >= 4 is 0 Å². The molecule has 3 heteroatoms. The quantitative estimate of drug-likeness (QED) is 0.741. The summed E-state index contributed by atoms with van der Waals surface area (Å²) in [6.45, 7) is 8.35. The lowest BCUT2D eigenvalue weighted by Crippen LogP contribution is -2.36. The third kappa shape index (κ3) is 4.51. The molecule has 0 aromatic heterocycles. The highest BCUT2D eigenvalue weighted by molar-refractivity contribution is 5.38. The van der Waals surface area contributed by atoms with Crippen LogP contribution >= 0.6 is 0 Å². The first-order valence-electron chi connectivity index (χ1n) is 7.48. The fourth-order valence-electron chi connectivity index (χ4n) is 2.38. The first kappa shape index (κ1) is 14.4. The summed E-state index contributed by atoms with van der Waals surface area (Å²) in [6, 6.07) is 7.07. The van der Waals surface area contributed by atoms with Crippen molar-refractivity contribution in [3.8, 4) is 5.75 Å². The molecule has 1 aromatic carbocycles. The summed E-state index contributed by atoms with van der Waals surface area (Å²) in [5, 5.41) is 7.00. The number of ether oxygens (including phenoxy) is 1. The van der Waals surface area contributed by atoms with Crippen molar-refractivity contribution in [1.29, 1.82) is 0 Å². The molecular formula is C16H26N2O. The Labute approximate surface area is 116 Å². The fraction of sp³-hybridized carbons (Fsp3) is 0.625. The Kier molecular flexibility index (Phi) is 5.67. The minimum atomic E-state index is 0.499. The van der Waals surface area contributed by atoms with E-state index in [1.54, 1.807) is 0 Å². The predicted molar refractivity (Wildman–Crippen MR) is 79.7 cm³/mol. The first-order valence-corrected chi connectivity index (χ1v) is 7.48. The maximum Gasteiger partial charge on any atom is 0.122 e. The first-order chi connectivity index (χ1) is 9.29. The highest BCUT2D eigenvalue weighted by atomic mass is 16.5. The standard InChI is InChI=1S/C16H26N2O/c1-3-8-17-11-13(2)18-12-14-6-7-16-15(10-14)5-4-9-19-16/h6-7,10,13,17-18H,3-5,8-9,11-12H2,1-2H3. The van der Waals surface area contributed by atoms with E-state index < -0.39 is 0 Å². The van der Waals surface area contributed by atoms with Gasteiger partial charge in [-0.15, -0.1) is 0 Å². The summed E-state index contributed by atoms with van der Waals surface area (Å²) in [7, 11) is 0. The van der Waals surface area contributed by atoms with Crippen LogP contribution in [-0.2, 0) is 13.0 Å². The average molecular weight is 262 g/mol. The zero-order valence-electron chi connectivity index (χ0n) is 12.2. The number of hydrogen-bond donors (Lipinski definition) is 2. The van der Waals surface area contributed by atoms with E-state index in [-0.39, 0.29) is 0 Å². The third-order valence-electron chi connectivity index (χ3n) is 3.50. The number of fused-ring (bicyclic) bond motifs is 1. The lowest BCUT2D eigenvalue weighted by molar-refractivity contribution is 0.288. The SMILES string of the molecule is CCCNCC(C)NCc1ccc2c(c1)CCCO2. The van der Waals surface area contributed by atoms with Crippen LogP contribution in [0.15, 0.2) is 18.2 Å². The molecule has 1 unspecified atom stereocenters. The zero-order valence-corrected chi connectivity index (χ0v) is 12.2. The maximum atomic E-state index is 5.64. The number of aryl methyl sites for hydroxylation is 1. The number of nitrogens with one attached hydrogen (secondary N) is 2. The maximum absolute atomic E-state index is 5.64. The number of benzene rings is 1. The average Bonchev–Trinajstić information content (AvgIpc) is 2.45. The van der Waals surface area contributed by atoms with E-state index in [1.807, 2.05) is 0 Å². The van der Waals surface area contributed by atoms with Crippen molar-refractivity contribution in [2.24, 2.45) is 0 Å². The molecule has 1 atom stereocenters. The van der Waals surface area contributed by atoms with E-state index in [0.29, 0.717) is 6.04 Å². The van der Waals surface area contributed by atoms with Gasteiger partial charge >= 0.3 is 0 Å². The summed E-state index contributed by atoms with van der Waals surface area (Å²) < 4.78 is 5.64. The molecule has 3 nitrogen and oxygen atoms in total. The van der Waals surface area contributed by atoms with E-state index in [9.17, 15) is 0 Å². The molecule has 0 saturated heterocycles. The van der Waals surface area contributed by atoms with Gasteiger partial charge in [-0.05, 0) is 49.9 Å². The van der Waals surface area contributed by atoms with Crippen LogP contribution in [0.25, 0.3) is 0 Å². The molecule has 1 aromatic rings. The van der Waals surface area contributed by atoms with Gasteiger partial charge in [-0.3, -0.25) is 0 Å². The molecule has 0 bridgehead atoms. The Morgan fingerprint density at radius 2 is 2.26 bits per heavy atom. The van der Waals surface area contributed by atoms with Crippen molar-refractivity contribution in [1.82, 2.24) is 10.6 Å². The Hall–Kier alpha value is -1.06. The van der Waals surface area contributed by atoms with Crippen molar-refractivity contribution in [3.63, 3.8) is 0 Å². The molecule has 1 aliphatic heterocycles. The van der Waals surface area contributed by atoms with Crippen LogP contribution in [0.3, 0.4) is 0 Å². The van der Waals surface area contributed by atoms with Gasteiger partial charge in [0.05, 0.1) is 6.61 Å². The van der Waals surface area contributed by atoms with Gasteiger partial charge in [0.1, 0.15) is 5.75 Å². The van der Waals surface area contributed by atoms with Crippen LogP contribution in [-0.4, -0.2) is 25.7 Å². The minimum Gasteiger partial charge on any atom is -0.493 e. The summed E-state index contributed by atoms with van der Waals surface area (Å²) in [4.78, 5) is 0. The molecule has 106 valence electrons. The largest absolute Gasteiger partial charge is 0.493 e. The Balaban J connectivity index is 1.79. The Bertz CT molecular complexity index is 392. The van der Waals surface area contributed by atoms with Gasteiger partial charge in [-0.25, -0.2) is 0 Å². The predicted octanol–water partition coefficient (Wildman–Crippen LogP) is 2.49. The van der Waals surface area contributed by atoms with Gasteiger partial charge in [-0.1, -0.05) is 19.1 Å². The van der Waals surface area contributed by atoms with E-state index in [4.69, 9.17) is 4.74 Å². The molecule has 0 spiro atoms. The molecule has 2 rings (SSSR count). The highest BCUT2D eigenvalue weighted by Crippen LogP contribution is 2.25. The molecule has 1 aliphatic rings. The van der Waals surface area contributed by atoms with E-state index >= 15 is 0 Å². The molecule has 0 radical (unpaired) electrons. The van der Waals surface area contributed by atoms with Crippen LogP contribution in [0.2, 0.25) is 0 Å². The summed E-state index contributed by atoms with van der Waals surface area (Å²) >= 11 is 0. The van der Waals surface area contributed by atoms with Crippen LogP contribution in [0.1, 0.15) is 37.8 Å². The summed E-state index contributed by atoms with van der Waals surface area (Å²) in [5.41, 5.74) is 2.72. The molecule has 0 aliphatic carbocycles. The molecular weight excluding hydrogens is 236 g/mol. The molecule has 2 N–H and O–H groups in total. The third-order valence-corrected chi connectivity index (χ3v) is 3.50. The molecule has 0 fully saturated rings. The zero-order chi connectivity index (χ0) is 13.5. The van der Waals surface area contributed by atoms with Crippen LogP contribution < -0.4 is 15.4 Å². The van der Waals surface area contributed by atoms with Crippen molar-refractivity contribution in [3.05, 3.63) is 29.3 Å². The van der Waals surface area contributed by atoms with Crippen LogP contribution in [0.5, 0.6) is 5.75 Å². The Morgan fingerprint density at radius 1 is 1.37 bits per heavy atom. The summed E-state index contributed by atoms with van der Waals surface area (Å²) in [5.74, 6) is 1.08. The van der Waals surface area contributed by atoms with Crippen molar-refractivity contribution in [2.75, 3.05) is 19.7 Å². The molecule has 0 amide bonds. The van der Waals surface area contributed by atoms with Crippen LogP contribution in [0, 0.1) is 0 Å². The van der Waals surface area contributed by atoms with E-state index in [2.05, 4.69) is 42.7 Å². The second kappa shape index (κ2) is 7.51. The Morgan fingerprint density at radius 3 is 3.11 bits per heavy atom. The molecule has 1 heterocycles. The van der Waals surface area contributed by atoms with Gasteiger partial charge in [0.15, 0.2) is 0 Å². The van der Waals surface area contributed by atoms with Gasteiger partial charge in [0.2, 0.25) is 0 Å². The minimum absolute atomic E-state index is 0.499. The number of hydrogen-bond acceptors (Lipinski definition) is 3. The van der Waals surface area contributed by atoms with E-state index in [1.165, 1.54) is 17.5 Å². The normalized spacial score (nSPS) is 15.7. The summed E-state index contributed by atoms with van der Waals surface area (Å²) in [6.07, 6.45) is 3.48. The highest BCUT2D eigenvalue weighted by Gasteiger charge is 2.10. The lowest BCUT2D eigenvalue weighted by atomic mass is 10.0. The molecule has 19 heavy (non-hydrogen) atoms.